The number of aliphatic hydroxyl groups is 1. The van der Waals surface area contributed by atoms with E-state index in [0.717, 1.165) is 11.1 Å². The molecule has 0 aromatic heterocycles. The van der Waals surface area contributed by atoms with E-state index in [9.17, 15) is 19.5 Å². The zero-order valence-electron chi connectivity index (χ0n) is 26.9. The van der Waals surface area contributed by atoms with Gasteiger partial charge in [0, 0.05) is 19.0 Å². The molecule has 0 aliphatic heterocycles. The summed E-state index contributed by atoms with van der Waals surface area (Å²) in [6, 6.07) is 17.7. The van der Waals surface area contributed by atoms with Crippen LogP contribution in [0.2, 0.25) is 0 Å². The molecular formula is C34H52N4O5. The van der Waals surface area contributed by atoms with Crippen LogP contribution in [0.25, 0.3) is 0 Å². The predicted octanol–water partition coefficient (Wildman–Crippen LogP) is 3.94. The molecule has 238 valence electrons. The summed E-state index contributed by atoms with van der Waals surface area (Å²) >= 11 is 0. The fourth-order valence-corrected chi connectivity index (χ4v) is 4.73. The van der Waals surface area contributed by atoms with Crippen LogP contribution in [0.5, 0.6) is 0 Å². The molecule has 4 N–H and O–H groups in total. The van der Waals surface area contributed by atoms with Crippen molar-refractivity contribution in [1.29, 1.82) is 0 Å². The summed E-state index contributed by atoms with van der Waals surface area (Å²) in [7, 11) is 3.87. The van der Waals surface area contributed by atoms with E-state index in [1.165, 1.54) is 0 Å². The Morgan fingerprint density at radius 3 is 1.95 bits per heavy atom. The van der Waals surface area contributed by atoms with Crippen molar-refractivity contribution in [3.05, 3.63) is 71.8 Å². The van der Waals surface area contributed by atoms with E-state index in [4.69, 9.17) is 4.74 Å². The van der Waals surface area contributed by atoms with Crippen molar-refractivity contribution >= 4 is 17.9 Å². The average molecular weight is 597 g/mol. The monoisotopic (exact) mass is 596 g/mol. The van der Waals surface area contributed by atoms with E-state index in [-0.39, 0.29) is 24.2 Å². The molecule has 5 atom stereocenters. The standard InChI is InChI=1S/C34H52N4O5/c1-8-24(2)30(32(41)35-19-20-38(6)7)37-31(40)27(21-25-15-11-9-12-16-25)23-29(39)28(22-26-17-13-10-14-18-26)36-33(42)43-34(3,4)5/h9-18,24,27-30,39H,8,19-23H2,1-7H3,(H,35,41)(H,36,42)(H,37,40)/t24-,27-,28-,29-,30-/m0/s1. The minimum absolute atomic E-state index is 0.0729. The van der Waals surface area contributed by atoms with Gasteiger partial charge in [0.2, 0.25) is 11.8 Å². The van der Waals surface area contributed by atoms with Crippen molar-refractivity contribution in [3.63, 3.8) is 0 Å². The third-order valence-corrected chi connectivity index (χ3v) is 7.34. The molecule has 9 heteroatoms. The number of benzene rings is 2. The quantitative estimate of drug-likeness (QED) is 0.233. The van der Waals surface area contributed by atoms with Gasteiger partial charge in [-0.1, -0.05) is 80.9 Å². The van der Waals surface area contributed by atoms with Gasteiger partial charge in [-0.05, 0) is 71.2 Å². The molecule has 0 saturated heterocycles. The number of alkyl carbamates (subject to hydrolysis) is 1. The third-order valence-electron chi connectivity index (χ3n) is 7.34. The number of rotatable bonds is 16. The number of carbonyl (C=O) groups excluding carboxylic acids is 3. The first kappa shape index (κ1) is 35.8. The van der Waals surface area contributed by atoms with Crippen LogP contribution in [0.1, 0.15) is 58.6 Å². The molecule has 2 rings (SSSR count). The number of nitrogens with zero attached hydrogens (tertiary/aromatic N) is 1. The first-order chi connectivity index (χ1) is 20.3. The zero-order valence-corrected chi connectivity index (χ0v) is 26.9. The Labute approximate surface area is 257 Å². The van der Waals surface area contributed by atoms with Crippen molar-refractivity contribution in [1.82, 2.24) is 20.9 Å². The Hall–Kier alpha value is -3.43. The number of hydrogen-bond acceptors (Lipinski definition) is 6. The molecular weight excluding hydrogens is 544 g/mol. The molecule has 0 aliphatic carbocycles. The van der Waals surface area contributed by atoms with Gasteiger partial charge in [-0.3, -0.25) is 9.59 Å². The SMILES string of the molecule is CC[C@H](C)[C@H](NC(=O)[C@@H](Cc1ccccc1)C[C@H](O)[C@H](Cc1ccccc1)NC(=O)OC(C)(C)C)C(=O)NCCN(C)C. The predicted molar refractivity (Wildman–Crippen MR) is 171 cm³/mol. The highest BCUT2D eigenvalue weighted by atomic mass is 16.6. The second-order valence-corrected chi connectivity index (χ2v) is 12.6. The molecule has 9 nitrogen and oxygen atoms in total. The molecule has 2 aromatic carbocycles. The van der Waals surface area contributed by atoms with Crippen LogP contribution in [0.3, 0.4) is 0 Å². The topological polar surface area (TPSA) is 120 Å². The summed E-state index contributed by atoms with van der Waals surface area (Å²) in [6.45, 7) is 10.4. The van der Waals surface area contributed by atoms with Crippen molar-refractivity contribution < 1.29 is 24.2 Å². The molecule has 0 radical (unpaired) electrons. The zero-order chi connectivity index (χ0) is 32.0. The number of ether oxygens (including phenoxy) is 1. The number of hydrogen-bond donors (Lipinski definition) is 4. The van der Waals surface area contributed by atoms with Gasteiger partial charge in [-0.2, -0.15) is 0 Å². The number of nitrogens with one attached hydrogen (secondary N) is 3. The van der Waals surface area contributed by atoms with Gasteiger partial charge in [0.1, 0.15) is 11.6 Å². The Bertz CT molecular complexity index is 1120. The highest BCUT2D eigenvalue weighted by Crippen LogP contribution is 2.20. The summed E-state index contributed by atoms with van der Waals surface area (Å²) < 4.78 is 5.48. The molecule has 2 aromatic rings. The summed E-state index contributed by atoms with van der Waals surface area (Å²) in [4.78, 5) is 41.8. The number of carbonyl (C=O) groups is 3. The second kappa shape index (κ2) is 17.6. The lowest BCUT2D eigenvalue weighted by atomic mass is 9.88. The van der Waals surface area contributed by atoms with Gasteiger partial charge < -0.3 is 30.7 Å². The average Bonchev–Trinajstić information content (AvgIpc) is 2.94. The summed E-state index contributed by atoms with van der Waals surface area (Å²) in [5, 5.41) is 20.3. The lowest BCUT2D eigenvalue weighted by molar-refractivity contribution is -0.133. The van der Waals surface area contributed by atoms with Gasteiger partial charge in [0.05, 0.1) is 12.1 Å². The van der Waals surface area contributed by atoms with Crippen molar-refractivity contribution in [2.75, 3.05) is 27.2 Å². The molecule has 0 aliphatic rings. The molecule has 0 heterocycles. The van der Waals surface area contributed by atoms with Crippen LogP contribution < -0.4 is 16.0 Å². The van der Waals surface area contributed by atoms with Gasteiger partial charge in [-0.15, -0.1) is 0 Å². The molecule has 43 heavy (non-hydrogen) atoms. The lowest BCUT2D eigenvalue weighted by Gasteiger charge is -2.30. The molecule has 0 unspecified atom stereocenters. The molecule has 3 amide bonds. The fourth-order valence-electron chi connectivity index (χ4n) is 4.73. The first-order valence-corrected chi connectivity index (χ1v) is 15.3. The van der Waals surface area contributed by atoms with Crippen LogP contribution in [-0.4, -0.2) is 78.9 Å². The summed E-state index contributed by atoms with van der Waals surface area (Å²) in [5.74, 6) is -1.29. The lowest BCUT2D eigenvalue weighted by Crippen LogP contribution is -2.53. The Morgan fingerprint density at radius 1 is 0.884 bits per heavy atom. The fraction of sp³-hybridized carbons (Fsp3) is 0.559. The van der Waals surface area contributed by atoms with Crippen LogP contribution in [0, 0.1) is 11.8 Å². The second-order valence-electron chi connectivity index (χ2n) is 12.6. The van der Waals surface area contributed by atoms with Gasteiger partial charge >= 0.3 is 6.09 Å². The normalized spacial score (nSPS) is 15.1. The van der Waals surface area contributed by atoms with E-state index in [1.54, 1.807) is 20.8 Å². The molecule has 0 spiro atoms. The van der Waals surface area contributed by atoms with E-state index < -0.39 is 35.8 Å². The van der Waals surface area contributed by atoms with E-state index >= 15 is 0 Å². The van der Waals surface area contributed by atoms with Gasteiger partial charge in [-0.25, -0.2) is 4.79 Å². The van der Waals surface area contributed by atoms with Gasteiger partial charge in [0.25, 0.3) is 0 Å². The maximum atomic E-state index is 13.9. The smallest absolute Gasteiger partial charge is 0.407 e. The van der Waals surface area contributed by atoms with Crippen molar-refractivity contribution in [2.45, 2.75) is 84.1 Å². The van der Waals surface area contributed by atoms with E-state index in [1.807, 2.05) is 93.5 Å². The van der Waals surface area contributed by atoms with E-state index in [2.05, 4.69) is 16.0 Å². The maximum Gasteiger partial charge on any atom is 0.407 e. The largest absolute Gasteiger partial charge is 0.444 e. The Kier molecular flexibility index (Phi) is 14.7. The highest BCUT2D eigenvalue weighted by molar-refractivity contribution is 5.88. The molecule has 0 saturated carbocycles. The van der Waals surface area contributed by atoms with E-state index in [0.29, 0.717) is 32.4 Å². The maximum absolute atomic E-state index is 13.9. The van der Waals surface area contributed by atoms with Crippen LogP contribution in [-0.2, 0) is 27.2 Å². The van der Waals surface area contributed by atoms with Crippen molar-refractivity contribution in [2.24, 2.45) is 11.8 Å². The van der Waals surface area contributed by atoms with Crippen LogP contribution in [0.4, 0.5) is 4.79 Å². The first-order valence-electron chi connectivity index (χ1n) is 15.3. The summed E-state index contributed by atoms with van der Waals surface area (Å²) in [5.41, 5.74) is 1.16. The molecule has 0 bridgehead atoms. The highest BCUT2D eigenvalue weighted by Gasteiger charge is 2.33. The third kappa shape index (κ3) is 13.6. The molecule has 0 fully saturated rings. The van der Waals surface area contributed by atoms with Gasteiger partial charge in [0.15, 0.2) is 0 Å². The number of aliphatic hydroxyl groups excluding tert-OH is 1. The van der Waals surface area contributed by atoms with Crippen LogP contribution in [0.15, 0.2) is 60.7 Å². The Balaban J connectivity index is 2.30. The van der Waals surface area contributed by atoms with Crippen LogP contribution >= 0.6 is 0 Å². The summed E-state index contributed by atoms with van der Waals surface area (Å²) in [6.07, 6.45) is -0.208. The minimum atomic E-state index is -1.07. The number of likely N-dealkylation sites (N-methyl/N-ethyl adjacent to an activating group) is 1. The Morgan fingerprint density at radius 2 is 1.44 bits per heavy atom. The number of amides is 3. The minimum Gasteiger partial charge on any atom is -0.444 e. The van der Waals surface area contributed by atoms with Crippen molar-refractivity contribution in [3.8, 4) is 0 Å².